The minimum atomic E-state index is -0.182. The van der Waals surface area contributed by atoms with Crippen LogP contribution in [0.5, 0.6) is 5.75 Å². The van der Waals surface area contributed by atoms with Crippen LogP contribution in [-0.2, 0) is 14.3 Å². The van der Waals surface area contributed by atoms with Gasteiger partial charge >= 0.3 is 5.97 Å². The van der Waals surface area contributed by atoms with Gasteiger partial charge in [0, 0.05) is 13.1 Å². The summed E-state index contributed by atoms with van der Waals surface area (Å²) < 4.78 is 16.5. The van der Waals surface area contributed by atoms with Gasteiger partial charge in [-0.3, -0.25) is 9.69 Å². The standard InChI is InChI=1S/C17H25NO4/c1-4-20-17(19)11-18-5-6-21-16(10-18)12-22-15-8-13(2)7-14(3)9-15/h7-9,16H,4-6,10-12H2,1-3H3. The van der Waals surface area contributed by atoms with E-state index in [0.29, 0.717) is 32.9 Å². The molecular weight excluding hydrogens is 282 g/mol. The molecule has 0 amide bonds. The first-order chi connectivity index (χ1) is 10.6. The van der Waals surface area contributed by atoms with Crippen LogP contribution in [-0.4, -0.2) is 56.4 Å². The summed E-state index contributed by atoms with van der Waals surface area (Å²) in [6.45, 7) is 9.19. The van der Waals surface area contributed by atoms with Crippen LogP contribution >= 0.6 is 0 Å². The summed E-state index contributed by atoms with van der Waals surface area (Å²) in [4.78, 5) is 13.6. The lowest BCUT2D eigenvalue weighted by Gasteiger charge is -2.32. The number of hydrogen-bond donors (Lipinski definition) is 0. The number of morpholine rings is 1. The second kappa shape index (κ2) is 8.15. The first-order valence-corrected chi connectivity index (χ1v) is 7.77. The fourth-order valence-electron chi connectivity index (χ4n) is 2.62. The van der Waals surface area contributed by atoms with Crippen molar-refractivity contribution in [1.29, 1.82) is 0 Å². The number of esters is 1. The quantitative estimate of drug-likeness (QED) is 0.752. The molecule has 0 aliphatic carbocycles. The molecule has 0 radical (unpaired) electrons. The molecule has 0 N–H and O–H groups in total. The molecule has 1 aromatic rings. The number of aryl methyl sites for hydroxylation is 2. The molecule has 1 aliphatic rings. The van der Waals surface area contributed by atoms with Gasteiger partial charge in [0.1, 0.15) is 18.5 Å². The van der Waals surface area contributed by atoms with Crippen molar-refractivity contribution in [3.63, 3.8) is 0 Å². The van der Waals surface area contributed by atoms with Crippen LogP contribution in [0.3, 0.4) is 0 Å². The van der Waals surface area contributed by atoms with E-state index in [0.717, 1.165) is 12.3 Å². The largest absolute Gasteiger partial charge is 0.491 e. The van der Waals surface area contributed by atoms with Gasteiger partial charge in [0.25, 0.3) is 0 Å². The van der Waals surface area contributed by atoms with E-state index in [1.807, 2.05) is 19.1 Å². The molecule has 1 aromatic carbocycles. The van der Waals surface area contributed by atoms with Crippen molar-refractivity contribution in [2.45, 2.75) is 26.9 Å². The summed E-state index contributed by atoms with van der Waals surface area (Å²) in [6.07, 6.45) is -0.0241. The Hall–Kier alpha value is -1.59. The van der Waals surface area contributed by atoms with Crippen molar-refractivity contribution in [2.24, 2.45) is 0 Å². The van der Waals surface area contributed by atoms with E-state index in [2.05, 4.69) is 24.8 Å². The lowest BCUT2D eigenvalue weighted by molar-refractivity contribution is -0.146. The highest BCUT2D eigenvalue weighted by molar-refractivity contribution is 5.71. The van der Waals surface area contributed by atoms with E-state index >= 15 is 0 Å². The van der Waals surface area contributed by atoms with Crippen LogP contribution in [0.25, 0.3) is 0 Å². The van der Waals surface area contributed by atoms with Crippen molar-refractivity contribution >= 4 is 5.97 Å². The summed E-state index contributed by atoms with van der Waals surface area (Å²) in [5.74, 6) is 0.682. The molecule has 0 saturated carbocycles. The summed E-state index contributed by atoms with van der Waals surface area (Å²) in [5.41, 5.74) is 2.37. The van der Waals surface area contributed by atoms with Crippen molar-refractivity contribution in [3.05, 3.63) is 29.3 Å². The number of rotatable bonds is 6. The Bertz CT molecular complexity index is 483. The molecule has 22 heavy (non-hydrogen) atoms. The van der Waals surface area contributed by atoms with Crippen molar-refractivity contribution < 1.29 is 19.0 Å². The second-order valence-electron chi connectivity index (χ2n) is 5.67. The number of carbonyl (C=O) groups is 1. The van der Waals surface area contributed by atoms with Gasteiger partial charge < -0.3 is 14.2 Å². The lowest BCUT2D eigenvalue weighted by atomic mass is 10.1. The molecule has 0 spiro atoms. The van der Waals surface area contributed by atoms with Crippen molar-refractivity contribution in [2.75, 3.05) is 39.5 Å². The Morgan fingerprint density at radius 3 is 2.73 bits per heavy atom. The normalized spacial score (nSPS) is 19.0. The fourth-order valence-corrected chi connectivity index (χ4v) is 2.62. The molecule has 1 atom stereocenters. The average Bonchev–Trinajstić information content (AvgIpc) is 2.45. The van der Waals surface area contributed by atoms with Crippen LogP contribution < -0.4 is 4.74 Å². The molecule has 5 heteroatoms. The molecule has 2 rings (SSSR count). The van der Waals surface area contributed by atoms with Gasteiger partial charge in [-0.05, 0) is 44.0 Å². The number of carbonyl (C=O) groups excluding carboxylic acids is 1. The van der Waals surface area contributed by atoms with Crippen LogP contribution in [0, 0.1) is 13.8 Å². The average molecular weight is 307 g/mol. The van der Waals surface area contributed by atoms with Gasteiger partial charge in [-0.2, -0.15) is 0 Å². The summed E-state index contributed by atoms with van der Waals surface area (Å²) in [5, 5.41) is 0. The molecule has 1 unspecified atom stereocenters. The molecule has 1 saturated heterocycles. The Kier molecular flexibility index (Phi) is 6.21. The van der Waals surface area contributed by atoms with Crippen LogP contribution in [0.15, 0.2) is 18.2 Å². The number of hydrogen-bond acceptors (Lipinski definition) is 5. The molecule has 122 valence electrons. The minimum Gasteiger partial charge on any atom is -0.491 e. The Morgan fingerprint density at radius 1 is 1.32 bits per heavy atom. The Labute approximate surface area is 132 Å². The smallest absolute Gasteiger partial charge is 0.320 e. The van der Waals surface area contributed by atoms with Crippen LogP contribution in [0.2, 0.25) is 0 Å². The van der Waals surface area contributed by atoms with Gasteiger partial charge in [0.05, 0.1) is 19.8 Å². The number of nitrogens with zero attached hydrogens (tertiary/aromatic N) is 1. The van der Waals surface area contributed by atoms with E-state index in [1.54, 1.807) is 0 Å². The molecule has 1 fully saturated rings. The number of benzene rings is 1. The van der Waals surface area contributed by atoms with E-state index in [1.165, 1.54) is 11.1 Å². The van der Waals surface area contributed by atoms with E-state index in [-0.39, 0.29) is 12.1 Å². The molecule has 5 nitrogen and oxygen atoms in total. The number of ether oxygens (including phenoxy) is 3. The monoisotopic (exact) mass is 307 g/mol. The Morgan fingerprint density at radius 2 is 2.05 bits per heavy atom. The maximum Gasteiger partial charge on any atom is 0.320 e. The second-order valence-corrected chi connectivity index (χ2v) is 5.67. The van der Waals surface area contributed by atoms with Gasteiger partial charge in [0.15, 0.2) is 0 Å². The summed E-state index contributed by atoms with van der Waals surface area (Å²) in [7, 11) is 0. The first kappa shape index (κ1) is 16.8. The maximum absolute atomic E-state index is 11.5. The van der Waals surface area contributed by atoms with E-state index in [9.17, 15) is 4.79 Å². The molecule has 1 heterocycles. The van der Waals surface area contributed by atoms with Crippen LogP contribution in [0.1, 0.15) is 18.1 Å². The zero-order valence-electron chi connectivity index (χ0n) is 13.6. The third kappa shape index (κ3) is 5.31. The third-order valence-electron chi connectivity index (χ3n) is 3.51. The van der Waals surface area contributed by atoms with Crippen molar-refractivity contribution in [1.82, 2.24) is 4.90 Å². The summed E-state index contributed by atoms with van der Waals surface area (Å²) >= 11 is 0. The predicted octanol–water partition coefficient (Wildman–Crippen LogP) is 1.95. The summed E-state index contributed by atoms with van der Waals surface area (Å²) in [6, 6.07) is 6.16. The highest BCUT2D eigenvalue weighted by Gasteiger charge is 2.23. The van der Waals surface area contributed by atoms with Crippen LogP contribution in [0.4, 0.5) is 0 Å². The van der Waals surface area contributed by atoms with Crippen molar-refractivity contribution in [3.8, 4) is 5.75 Å². The molecule has 1 aliphatic heterocycles. The van der Waals surface area contributed by atoms with E-state index in [4.69, 9.17) is 14.2 Å². The lowest BCUT2D eigenvalue weighted by Crippen LogP contribution is -2.47. The minimum absolute atomic E-state index is 0.0241. The third-order valence-corrected chi connectivity index (χ3v) is 3.51. The predicted molar refractivity (Wildman–Crippen MR) is 84.2 cm³/mol. The SMILES string of the molecule is CCOC(=O)CN1CCOC(COc2cc(C)cc(C)c2)C1. The molecule has 0 bridgehead atoms. The molecule has 0 aromatic heterocycles. The van der Waals surface area contributed by atoms with Gasteiger partial charge in [-0.1, -0.05) is 6.07 Å². The Balaban J connectivity index is 1.81. The fraction of sp³-hybridized carbons (Fsp3) is 0.588. The highest BCUT2D eigenvalue weighted by atomic mass is 16.5. The highest BCUT2D eigenvalue weighted by Crippen LogP contribution is 2.17. The zero-order valence-corrected chi connectivity index (χ0v) is 13.6. The zero-order chi connectivity index (χ0) is 15.9. The van der Waals surface area contributed by atoms with Gasteiger partial charge in [0.2, 0.25) is 0 Å². The first-order valence-electron chi connectivity index (χ1n) is 7.77. The van der Waals surface area contributed by atoms with E-state index < -0.39 is 0 Å². The topological polar surface area (TPSA) is 48.0 Å². The van der Waals surface area contributed by atoms with Gasteiger partial charge in [-0.15, -0.1) is 0 Å². The molecular formula is C17H25NO4. The van der Waals surface area contributed by atoms with Gasteiger partial charge in [-0.25, -0.2) is 0 Å². The maximum atomic E-state index is 11.5.